The van der Waals surface area contributed by atoms with Gasteiger partial charge in [0.2, 0.25) is 0 Å². The molecule has 39 heavy (non-hydrogen) atoms. The summed E-state index contributed by atoms with van der Waals surface area (Å²) in [6.07, 6.45) is -1.26. The zero-order valence-electron chi connectivity index (χ0n) is 21.2. The summed E-state index contributed by atoms with van der Waals surface area (Å²) >= 11 is 0. The fraction of sp³-hybridized carbons (Fsp3) is 0.0882. The van der Waals surface area contributed by atoms with E-state index in [2.05, 4.69) is 0 Å². The molecule has 0 saturated heterocycles. The molecule has 1 aromatic heterocycles. The van der Waals surface area contributed by atoms with Crippen LogP contribution in [0.2, 0.25) is 0 Å². The standard InChI is InChI=1S/C34H26O5/c1-21-15-19-29(38-21)33(36)30(24-11-3-2-4-12-24)34(37)39-28-20-17-23-10-6-8-14-26(23)32(28)31-25-13-7-5-9-22(25)16-18-27(31)35/h2-20,30,33,35-36H,1H3/t30-,33-/m0/s1. The Morgan fingerprint density at radius 3 is 2.00 bits per heavy atom. The topological polar surface area (TPSA) is 79.9 Å². The summed E-state index contributed by atoms with van der Waals surface area (Å²) in [4.78, 5) is 13.9. The maximum atomic E-state index is 13.9. The van der Waals surface area contributed by atoms with Crippen LogP contribution in [0.1, 0.15) is 29.1 Å². The highest BCUT2D eigenvalue weighted by molar-refractivity contribution is 6.10. The van der Waals surface area contributed by atoms with Crippen LogP contribution in [-0.4, -0.2) is 16.2 Å². The molecule has 0 amide bonds. The molecule has 6 aromatic rings. The van der Waals surface area contributed by atoms with Crippen LogP contribution >= 0.6 is 0 Å². The Hall–Kier alpha value is -4.87. The summed E-state index contributed by atoms with van der Waals surface area (Å²) in [6.45, 7) is 1.78. The number of phenolic OH excluding ortho intramolecular Hbond substituents is 1. The van der Waals surface area contributed by atoms with Crippen LogP contribution in [0.15, 0.2) is 120 Å². The van der Waals surface area contributed by atoms with E-state index in [-0.39, 0.29) is 17.3 Å². The number of aromatic hydroxyl groups is 1. The molecule has 5 nitrogen and oxygen atoms in total. The molecule has 0 aliphatic rings. The molecule has 6 rings (SSSR count). The van der Waals surface area contributed by atoms with Crippen molar-refractivity contribution >= 4 is 27.5 Å². The van der Waals surface area contributed by atoms with Crippen LogP contribution < -0.4 is 4.74 Å². The number of aliphatic hydroxyl groups is 1. The van der Waals surface area contributed by atoms with Crippen molar-refractivity contribution in [1.29, 1.82) is 0 Å². The number of esters is 1. The van der Waals surface area contributed by atoms with Crippen molar-refractivity contribution in [3.63, 3.8) is 0 Å². The van der Waals surface area contributed by atoms with Crippen LogP contribution in [0.25, 0.3) is 32.7 Å². The third-order valence-corrected chi connectivity index (χ3v) is 7.04. The van der Waals surface area contributed by atoms with Crippen LogP contribution in [-0.2, 0) is 4.79 Å². The van der Waals surface area contributed by atoms with E-state index < -0.39 is 18.0 Å². The zero-order valence-corrected chi connectivity index (χ0v) is 21.2. The zero-order chi connectivity index (χ0) is 26.9. The summed E-state index contributed by atoms with van der Waals surface area (Å²) < 4.78 is 11.8. The highest BCUT2D eigenvalue weighted by Gasteiger charge is 2.34. The third kappa shape index (κ3) is 4.54. The van der Waals surface area contributed by atoms with Crippen LogP contribution in [0.4, 0.5) is 0 Å². The fourth-order valence-corrected chi connectivity index (χ4v) is 5.17. The Morgan fingerprint density at radius 2 is 1.33 bits per heavy atom. The van der Waals surface area contributed by atoms with Gasteiger partial charge in [-0.05, 0) is 58.3 Å². The number of ether oxygens (including phenoxy) is 1. The number of aryl methyl sites for hydroxylation is 1. The molecule has 0 saturated carbocycles. The second kappa shape index (κ2) is 10.1. The predicted molar refractivity (Wildman–Crippen MR) is 152 cm³/mol. The molecule has 0 unspecified atom stereocenters. The molecule has 0 aliphatic carbocycles. The number of rotatable bonds is 6. The lowest BCUT2D eigenvalue weighted by Crippen LogP contribution is -2.25. The van der Waals surface area contributed by atoms with Crippen molar-refractivity contribution in [2.75, 3.05) is 0 Å². The van der Waals surface area contributed by atoms with E-state index in [0.29, 0.717) is 22.5 Å². The summed E-state index contributed by atoms with van der Waals surface area (Å²) in [5, 5.41) is 26.0. The number of phenols is 1. The smallest absolute Gasteiger partial charge is 0.321 e. The van der Waals surface area contributed by atoms with Crippen LogP contribution in [0.3, 0.4) is 0 Å². The number of hydrogen-bond acceptors (Lipinski definition) is 5. The van der Waals surface area contributed by atoms with Gasteiger partial charge in [0.1, 0.15) is 35.0 Å². The molecule has 0 aliphatic heterocycles. The Balaban J connectivity index is 1.52. The van der Waals surface area contributed by atoms with Crippen molar-refractivity contribution in [2.45, 2.75) is 18.9 Å². The van der Waals surface area contributed by atoms with Crippen molar-refractivity contribution < 1.29 is 24.2 Å². The van der Waals surface area contributed by atoms with E-state index in [1.165, 1.54) is 0 Å². The van der Waals surface area contributed by atoms with Gasteiger partial charge in [-0.3, -0.25) is 4.79 Å². The fourth-order valence-electron chi connectivity index (χ4n) is 5.17. The van der Waals surface area contributed by atoms with Gasteiger partial charge in [0.25, 0.3) is 0 Å². The van der Waals surface area contributed by atoms with Gasteiger partial charge in [-0.25, -0.2) is 0 Å². The van der Waals surface area contributed by atoms with E-state index >= 15 is 0 Å². The monoisotopic (exact) mass is 514 g/mol. The quantitative estimate of drug-likeness (QED) is 0.176. The Labute approximate surface area is 225 Å². The third-order valence-electron chi connectivity index (χ3n) is 7.04. The molecule has 2 N–H and O–H groups in total. The molecule has 2 atom stereocenters. The Kier molecular flexibility index (Phi) is 6.35. The number of fused-ring (bicyclic) bond motifs is 2. The first-order valence-corrected chi connectivity index (χ1v) is 12.7. The minimum Gasteiger partial charge on any atom is -0.507 e. The number of benzene rings is 5. The van der Waals surface area contributed by atoms with Gasteiger partial charge in [0.15, 0.2) is 0 Å². The minimum absolute atomic E-state index is 0.0769. The number of carbonyl (C=O) groups excluding carboxylic acids is 1. The molecule has 0 radical (unpaired) electrons. The van der Waals surface area contributed by atoms with Gasteiger partial charge in [0, 0.05) is 11.1 Å². The molecule has 0 fully saturated rings. The van der Waals surface area contributed by atoms with Crippen LogP contribution in [0.5, 0.6) is 11.5 Å². The lowest BCUT2D eigenvalue weighted by molar-refractivity contribution is -0.139. The maximum Gasteiger partial charge on any atom is 0.321 e. The van der Waals surface area contributed by atoms with Gasteiger partial charge in [-0.1, -0.05) is 91.0 Å². The van der Waals surface area contributed by atoms with E-state index in [9.17, 15) is 15.0 Å². The number of aliphatic hydroxyl groups excluding tert-OH is 1. The number of furan rings is 1. The van der Waals surface area contributed by atoms with Crippen molar-refractivity contribution in [3.05, 3.63) is 132 Å². The normalized spacial score (nSPS) is 12.9. The Morgan fingerprint density at radius 1 is 0.718 bits per heavy atom. The molecular weight excluding hydrogens is 488 g/mol. The summed E-state index contributed by atoms with van der Waals surface area (Å²) in [5.41, 5.74) is 1.77. The Bertz CT molecular complexity index is 1800. The lowest BCUT2D eigenvalue weighted by atomic mass is 9.91. The van der Waals surface area contributed by atoms with E-state index in [0.717, 1.165) is 21.5 Å². The molecule has 0 bridgehead atoms. The van der Waals surface area contributed by atoms with E-state index in [1.54, 1.807) is 43.3 Å². The molecule has 5 heteroatoms. The van der Waals surface area contributed by atoms with E-state index in [4.69, 9.17) is 9.15 Å². The predicted octanol–water partition coefficient (Wildman–Crippen LogP) is 7.69. The van der Waals surface area contributed by atoms with E-state index in [1.807, 2.05) is 78.9 Å². The first kappa shape index (κ1) is 24.5. The summed E-state index contributed by atoms with van der Waals surface area (Å²) in [6, 6.07) is 35.1. The molecule has 0 spiro atoms. The summed E-state index contributed by atoms with van der Waals surface area (Å²) in [5.74, 6) is -0.408. The van der Waals surface area contributed by atoms with Gasteiger partial charge in [0.05, 0.1) is 0 Å². The maximum absolute atomic E-state index is 13.9. The summed E-state index contributed by atoms with van der Waals surface area (Å²) in [7, 11) is 0. The SMILES string of the molecule is Cc1ccc([C@H](O)[C@@H](C(=O)Oc2ccc3ccccc3c2-c2c(O)ccc3ccccc23)c2ccccc2)o1. The average molecular weight is 515 g/mol. The molecule has 192 valence electrons. The number of hydrogen-bond donors (Lipinski definition) is 2. The second-order valence-electron chi connectivity index (χ2n) is 9.54. The van der Waals surface area contributed by atoms with Crippen molar-refractivity contribution in [3.8, 4) is 22.6 Å². The minimum atomic E-state index is -1.26. The molecule has 5 aromatic carbocycles. The first-order chi connectivity index (χ1) is 19.0. The largest absolute Gasteiger partial charge is 0.507 e. The lowest BCUT2D eigenvalue weighted by Gasteiger charge is -2.22. The first-order valence-electron chi connectivity index (χ1n) is 12.7. The van der Waals surface area contributed by atoms with Gasteiger partial charge >= 0.3 is 5.97 Å². The van der Waals surface area contributed by atoms with Gasteiger partial charge in [-0.2, -0.15) is 0 Å². The van der Waals surface area contributed by atoms with Crippen molar-refractivity contribution in [2.24, 2.45) is 0 Å². The van der Waals surface area contributed by atoms with Gasteiger partial charge in [-0.15, -0.1) is 0 Å². The highest BCUT2D eigenvalue weighted by Crippen LogP contribution is 2.45. The average Bonchev–Trinajstić information content (AvgIpc) is 3.40. The molecule has 1 heterocycles. The van der Waals surface area contributed by atoms with Crippen molar-refractivity contribution in [1.82, 2.24) is 0 Å². The second-order valence-corrected chi connectivity index (χ2v) is 9.54. The van der Waals surface area contributed by atoms with Crippen LogP contribution in [0, 0.1) is 6.92 Å². The number of carbonyl (C=O) groups is 1. The van der Waals surface area contributed by atoms with Gasteiger partial charge < -0.3 is 19.4 Å². The highest BCUT2D eigenvalue weighted by atomic mass is 16.5. The molecular formula is C34H26O5.